The zero-order valence-electron chi connectivity index (χ0n) is 6.19. The Kier molecular flexibility index (Phi) is 2.22. The van der Waals surface area contributed by atoms with Crippen molar-refractivity contribution in [2.45, 2.75) is 19.1 Å². The second-order valence-electron chi connectivity index (χ2n) is 2.44. The molecule has 11 heavy (non-hydrogen) atoms. The lowest BCUT2D eigenvalue weighted by atomic mass is 10.1. The maximum Gasteiger partial charge on any atom is 0.187 e. The van der Waals surface area contributed by atoms with Crippen molar-refractivity contribution in [1.82, 2.24) is 0 Å². The molecule has 60 valence electrons. The molecule has 0 saturated carbocycles. The average molecular weight is 154 g/mol. The minimum atomic E-state index is -1.26. The molecule has 0 bridgehead atoms. The molecule has 0 radical (unpaired) electrons. The van der Waals surface area contributed by atoms with Crippen LogP contribution in [0, 0.1) is 0 Å². The molecular formula is C8H10O3. The molecule has 2 N–H and O–H groups in total. The molecule has 3 heteroatoms. The topological polar surface area (TPSA) is 57.5 Å². The highest BCUT2D eigenvalue weighted by Crippen LogP contribution is 2.17. The highest BCUT2D eigenvalue weighted by Gasteiger charge is 2.31. The number of hydrogen-bond acceptors (Lipinski definition) is 3. The van der Waals surface area contributed by atoms with Crippen LogP contribution in [0.4, 0.5) is 0 Å². The second kappa shape index (κ2) is 2.98. The molecule has 0 spiro atoms. The Hall–Kier alpha value is -0.930. The molecule has 0 unspecified atom stereocenters. The van der Waals surface area contributed by atoms with Crippen molar-refractivity contribution in [2.24, 2.45) is 0 Å². The van der Waals surface area contributed by atoms with E-state index in [2.05, 4.69) is 0 Å². The Morgan fingerprint density at radius 2 is 2.09 bits per heavy atom. The third-order valence-corrected chi connectivity index (χ3v) is 1.60. The molecule has 1 aliphatic carbocycles. The Bertz CT molecular complexity index is 227. The van der Waals surface area contributed by atoms with Gasteiger partial charge in [-0.05, 0) is 18.6 Å². The molecule has 0 fully saturated rings. The van der Waals surface area contributed by atoms with Crippen LogP contribution in [0.25, 0.3) is 0 Å². The Morgan fingerprint density at radius 1 is 1.45 bits per heavy atom. The van der Waals surface area contributed by atoms with Gasteiger partial charge in [0, 0.05) is 0 Å². The lowest BCUT2D eigenvalue weighted by Crippen LogP contribution is -2.27. The van der Waals surface area contributed by atoms with Crippen LogP contribution in [0.5, 0.6) is 0 Å². The number of carbonyl (C=O) groups excluding carboxylic acids is 1. The number of ketones is 1. The van der Waals surface area contributed by atoms with Crippen LogP contribution in [0.1, 0.15) is 6.92 Å². The third kappa shape index (κ3) is 1.39. The zero-order chi connectivity index (χ0) is 8.43. The van der Waals surface area contributed by atoms with E-state index in [0.29, 0.717) is 5.57 Å². The van der Waals surface area contributed by atoms with Gasteiger partial charge in [-0.3, -0.25) is 4.79 Å². The monoisotopic (exact) mass is 154 g/mol. The fourth-order valence-corrected chi connectivity index (χ4v) is 1.01. The van der Waals surface area contributed by atoms with E-state index in [-0.39, 0.29) is 0 Å². The van der Waals surface area contributed by atoms with Crippen molar-refractivity contribution < 1.29 is 15.0 Å². The minimum Gasteiger partial charge on any atom is -0.385 e. The van der Waals surface area contributed by atoms with Crippen molar-refractivity contribution >= 4 is 5.78 Å². The summed E-state index contributed by atoms with van der Waals surface area (Å²) >= 11 is 0. The number of rotatable bonds is 1. The largest absolute Gasteiger partial charge is 0.385 e. The normalized spacial score (nSPS) is 31.5. The number of aliphatic hydroxyl groups is 2. The van der Waals surface area contributed by atoms with Crippen LogP contribution in [0.3, 0.4) is 0 Å². The van der Waals surface area contributed by atoms with Crippen LogP contribution in [0.2, 0.25) is 0 Å². The molecule has 0 saturated heterocycles. The van der Waals surface area contributed by atoms with E-state index >= 15 is 0 Å². The minimum absolute atomic E-state index is 0.425. The first kappa shape index (κ1) is 8.17. The number of aliphatic hydroxyl groups excluding tert-OH is 2. The van der Waals surface area contributed by atoms with Crippen LogP contribution >= 0.6 is 0 Å². The fourth-order valence-electron chi connectivity index (χ4n) is 1.01. The summed E-state index contributed by atoms with van der Waals surface area (Å²) in [4.78, 5) is 10.7. The fraction of sp³-hybridized carbons (Fsp3) is 0.375. The molecule has 2 atom stereocenters. The third-order valence-electron chi connectivity index (χ3n) is 1.60. The summed E-state index contributed by atoms with van der Waals surface area (Å²) in [5, 5.41) is 18.1. The van der Waals surface area contributed by atoms with Gasteiger partial charge in [0.25, 0.3) is 0 Å². The van der Waals surface area contributed by atoms with Gasteiger partial charge in [0.15, 0.2) is 5.78 Å². The van der Waals surface area contributed by atoms with Crippen LogP contribution in [-0.4, -0.2) is 28.2 Å². The Labute approximate surface area is 64.7 Å². The first-order chi connectivity index (χ1) is 5.16. The van der Waals surface area contributed by atoms with E-state index in [9.17, 15) is 4.79 Å². The molecule has 0 aromatic heterocycles. The SMILES string of the molecule is C/C=C/C1=CC(=O)[C@@H](O)[C@@H]1O. The lowest BCUT2D eigenvalue weighted by molar-refractivity contribution is -0.124. The summed E-state index contributed by atoms with van der Waals surface area (Å²) in [6.45, 7) is 1.78. The Balaban J connectivity index is 2.83. The Morgan fingerprint density at radius 3 is 2.45 bits per heavy atom. The first-order valence-corrected chi connectivity index (χ1v) is 3.41. The highest BCUT2D eigenvalue weighted by atomic mass is 16.3. The highest BCUT2D eigenvalue weighted by molar-refractivity contribution is 5.98. The summed E-state index contributed by atoms with van der Waals surface area (Å²) < 4.78 is 0. The van der Waals surface area contributed by atoms with Crippen molar-refractivity contribution in [1.29, 1.82) is 0 Å². The van der Waals surface area contributed by atoms with Crippen molar-refractivity contribution in [3.8, 4) is 0 Å². The predicted molar refractivity (Wildman–Crippen MR) is 39.9 cm³/mol. The van der Waals surface area contributed by atoms with Crippen LogP contribution < -0.4 is 0 Å². The van der Waals surface area contributed by atoms with E-state index in [4.69, 9.17) is 10.2 Å². The summed E-state index contributed by atoms with van der Waals surface area (Å²) in [6, 6.07) is 0. The maximum absolute atomic E-state index is 10.7. The molecular weight excluding hydrogens is 144 g/mol. The molecule has 3 nitrogen and oxygen atoms in total. The molecule has 1 rings (SSSR count). The summed E-state index contributed by atoms with van der Waals surface area (Å²) in [5.41, 5.74) is 0.477. The predicted octanol–water partition coefficient (Wildman–Crippen LogP) is -0.207. The summed E-state index contributed by atoms with van der Waals surface area (Å²) in [7, 11) is 0. The van der Waals surface area contributed by atoms with Gasteiger partial charge in [-0.15, -0.1) is 0 Å². The van der Waals surface area contributed by atoms with E-state index in [1.165, 1.54) is 6.08 Å². The molecule has 0 aliphatic heterocycles. The molecule has 0 aromatic rings. The number of carbonyl (C=O) groups is 1. The first-order valence-electron chi connectivity index (χ1n) is 3.41. The molecule has 0 amide bonds. The van der Waals surface area contributed by atoms with Crippen LogP contribution in [-0.2, 0) is 4.79 Å². The molecule has 0 aromatic carbocycles. The van der Waals surface area contributed by atoms with Gasteiger partial charge in [0.1, 0.15) is 12.2 Å². The van der Waals surface area contributed by atoms with Gasteiger partial charge in [-0.2, -0.15) is 0 Å². The number of hydrogen-bond donors (Lipinski definition) is 2. The van der Waals surface area contributed by atoms with Crippen molar-refractivity contribution in [3.63, 3.8) is 0 Å². The standard InChI is InChI=1S/C8H10O3/c1-2-3-5-4-6(9)8(11)7(5)10/h2-4,7-8,10-11H,1H3/b3-2+/t7-,8-/m1/s1. The van der Waals surface area contributed by atoms with Crippen molar-refractivity contribution in [2.75, 3.05) is 0 Å². The second-order valence-corrected chi connectivity index (χ2v) is 2.44. The van der Waals surface area contributed by atoms with Gasteiger partial charge in [0.05, 0.1) is 0 Å². The molecule has 0 heterocycles. The van der Waals surface area contributed by atoms with E-state index in [1.807, 2.05) is 0 Å². The van der Waals surface area contributed by atoms with Gasteiger partial charge in [0.2, 0.25) is 0 Å². The average Bonchev–Trinajstić information content (AvgIpc) is 2.19. The van der Waals surface area contributed by atoms with Gasteiger partial charge >= 0.3 is 0 Å². The smallest absolute Gasteiger partial charge is 0.187 e. The van der Waals surface area contributed by atoms with E-state index < -0.39 is 18.0 Å². The quantitative estimate of drug-likeness (QED) is 0.549. The number of allylic oxidation sites excluding steroid dienone is 1. The summed E-state index contributed by atoms with van der Waals surface area (Å²) in [5.74, 6) is -0.425. The van der Waals surface area contributed by atoms with Gasteiger partial charge in [-0.25, -0.2) is 0 Å². The zero-order valence-corrected chi connectivity index (χ0v) is 6.19. The molecule has 1 aliphatic rings. The van der Waals surface area contributed by atoms with Gasteiger partial charge in [-0.1, -0.05) is 12.2 Å². The van der Waals surface area contributed by atoms with E-state index in [0.717, 1.165) is 0 Å². The van der Waals surface area contributed by atoms with Crippen LogP contribution in [0.15, 0.2) is 23.8 Å². The summed E-state index contributed by atoms with van der Waals surface area (Å²) in [6.07, 6.45) is 2.27. The van der Waals surface area contributed by atoms with Crippen molar-refractivity contribution in [3.05, 3.63) is 23.8 Å². The maximum atomic E-state index is 10.7. The van der Waals surface area contributed by atoms with Gasteiger partial charge < -0.3 is 10.2 Å². The van der Waals surface area contributed by atoms with E-state index in [1.54, 1.807) is 19.1 Å². The lowest BCUT2D eigenvalue weighted by Gasteiger charge is -2.07.